The van der Waals surface area contributed by atoms with E-state index >= 15 is 0 Å². The quantitative estimate of drug-likeness (QED) is 0.698. The van der Waals surface area contributed by atoms with Gasteiger partial charge in [-0.2, -0.15) is 0 Å². The zero-order valence-electron chi connectivity index (χ0n) is 12.9. The molecular formula is C18H14Cl2N2OS. The van der Waals surface area contributed by atoms with Crippen molar-refractivity contribution in [1.82, 2.24) is 4.90 Å². The van der Waals surface area contributed by atoms with Crippen molar-refractivity contribution in [3.63, 3.8) is 0 Å². The van der Waals surface area contributed by atoms with Gasteiger partial charge < -0.3 is 0 Å². The van der Waals surface area contributed by atoms with Crippen LogP contribution in [-0.4, -0.2) is 22.2 Å². The standard InChI is InChI=1S/C18H14Cl2N2OS/c1-24-18-21-16(10-13-3-2-4-15(20)9-13)17(23)22(18)11-12-5-7-14(19)8-6-12/h2-10H,11H2,1H3/b16-10+. The van der Waals surface area contributed by atoms with E-state index in [1.54, 1.807) is 23.1 Å². The SMILES string of the molecule is CSC1=N/C(=C/c2cccc(Cl)c2)C(=O)N1Cc1ccc(Cl)cc1. The summed E-state index contributed by atoms with van der Waals surface area (Å²) < 4.78 is 0. The Morgan fingerprint density at radius 3 is 2.54 bits per heavy atom. The van der Waals surface area contributed by atoms with Crippen molar-refractivity contribution in [2.45, 2.75) is 6.54 Å². The third kappa shape index (κ3) is 3.83. The Kier molecular flexibility index (Phi) is 5.29. The summed E-state index contributed by atoms with van der Waals surface area (Å²) in [5.74, 6) is -0.116. The van der Waals surface area contributed by atoms with Crippen molar-refractivity contribution in [3.05, 3.63) is 75.4 Å². The van der Waals surface area contributed by atoms with Crippen molar-refractivity contribution >= 4 is 52.1 Å². The number of carbonyl (C=O) groups is 1. The van der Waals surface area contributed by atoms with Gasteiger partial charge in [-0.05, 0) is 47.7 Å². The molecule has 2 aromatic carbocycles. The fourth-order valence-corrected chi connectivity index (χ4v) is 3.23. The van der Waals surface area contributed by atoms with Gasteiger partial charge in [0.15, 0.2) is 5.17 Å². The Morgan fingerprint density at radius 2 is 1.88 bits per heavy atom. The van der Waals surface area contributed by atoms with Crippen LogP contribution in [0.4, 0.5) is 0 Å². The topological polar surface area (TPSA) is 32.7 Å². The van der Waals surface area contributed by atoms with Crippen LogP contribution in [0.5, 0.6) is 0 Å². The number of benzene rings is 2. The average Bonchev–Trinajstić information content (AvgIpc) is 2.86. The number of halogens is 2. The lowest BCUT2D eigenvalue weighted by Gasteiger charge is -2.16. The lowest BCUT2D eigenvalue weighted by Crippen LogP contribution is -2.29. The maximum atomic E-state index is 12.7. The predicted octanol–water partition coefficient (Wildman–Crippen LogP) is 5.10. The van der Waals surface area contributed by atoms with Crippen LogP contribution in [0.25, 0.3) is 6.08 Å². The molecule has 0 bridgehead atoms. The summed E-state index contributed by atoms with van der Waals surface area (Å²) in [5, 5.41) is 1.98. The molecule has 6 heteroatoms. The minimum absolute atomic E-state index is 0.116. The Morgan fingerprint density at radius 1 is 1.12 bits per heavy atom. The summed E-state index contributed by atoms with van der Waals surface area (Å²) in [6.07, 6.45) is 3.66. The number of amides is 1. The van der Waals surface area contributed by atoms with E-state index in [1.807, 2.05) is 42.7 Å². The summed E-state index contributed by atoms with van der Waals surface area (Å²) >= 11 is 13.4. The fourth-order valence-electron chi connectivity index (χ4n) is 2.35. The van der Waals surface area contributed by atoms with Gasteiger partial charge in [-0.25, -0.2) is 4.99 Å². The molecule has 0 saturated carbocycles. The smallest absolute Gasteiger partial charge is 0.278 e. The van der Waals surface area contributed by atoms with Gasteiger partial charge in [-0.15, -0.1) is 0 Å². The van der Waals surface area contributed by atoms with Crippen LogP contribution >= 0.6 is 35.0 Å². The number of rotatable bonds is 3. The fraction of sp³-hybridized carbons (Fsp3) is 0.111. The first-order valence-corrected chi connectivity index (χ1v) is 9.21. The van der Waals surface area contributed by atoms with Crippen LogP contribution in [0.1, 0.15) is 11.1 Å². The van der Waals surface area contributed by atoms with E-state index in [2.05, 4.69) is 4.99 Å². The first kappa shape index (κ1) is 17.1. The monoisotopic (exact) mass is 376 g/mol. The minimum Gasteiger partial charge on any atom is -0.281 e. The van der Waals surface area contributed by atoms with Crippen molar-refractivity contribution < 1.29 is 4.79 Å². The second kappa shape index (κ2) is 7.43. The number of thioether (sulfide) groups is 1. The number of carbonyl (C=O) groups excluding carboxylic acids is 1. The molecule has 24 heavy (non-hydrogen) atoms. The summed E-state index contributed by atoms with van der Waals surface area (Å²) in [6, 6.07) is 14.8. The molecule has 0 aliphatic carbocycles. The second-order valence-corrected chi connectivity index (χ2v) is 6.85. The maximum absolute atomic E-state index is 12.7. The first-order chi connectivity index (χ1) is 11.6. The molecule has 2 aromatic rings. The largest absolute Gasteiger partial charge is 0.281 e. The molecule has 0 radical (unpaired) electrons. The highest BCUT2D eigenvalue weighted by Gasteiger charge is 2.29. The van der Waals surface area contributed by atoms with E-state index in [9.17, 15) is 4.79 Å². The molecule has 1 amide bonds. The summed E-state index contributed by atoms with van der Waals surface area (Å²) in [4.78, 5) is 18.8. The van der Waals surface area contributed by atoms with Crippen LogP contribution in [-0.2, 0) is 11.3 Å². The summed E-state index contributed by atoms with van der Waals surface area (Å²) in [5.41, 5.74) is 2.26. The zero-order chi connectivity index (χ0) is 17.1. The molecule has 0 atom stereocenters. The van der Waals surface area contributed by atoms with Gasteiger partial charge in [-0.1, -0.05) is 59.2 Å². The molecule has 122 valence electrons. The van der Waals surface area contributed by atoms with Crippen molar-refractivity contribution in [2.75, 3.05) is 6.26 Å². The molecule has 1 heterocycles. The average molecular weight is 377 g/mol. The van der Waals surface area contributed by atoms with Crippen molar-refractivity contribution in [2.24, 2.45) is 4.99 Å². The molecule has 1 aliphatic rings. The Labute approximate surface area is 155 Å². The molecule has 0 N–H and O–H groups in total. The van der Waals surface area contributed by atoms with Crippen molar-refractivity contribution in [3.8, 4) is 0 Å². The molecular weight excluding hydrogens is 363 g/mol. The third-order valence-electron chi connectivity index (χ3n) is 3.50. The maximum Gasteiger partial charge on any atom is 0.278 e. The number of hydrogen-bond acceptors (Lipinski definition) is 3. The lowest BCUT2D eigenvalue weighted by atomic mass is 10.2. The second-order valence-electron chi connectivity index (χ2n) is 5.20. The minimum atomic E-state index is -0.116. The highest BCUT2D eigenvalue weighted by atomic mass is 35.5. The molecule has 0 fully saturated rings. The highest BCUT2D eigenvalue weighted by molar-refractivity contribution is 8.13. The molecule has 0 unspecified atom stereocenters. The molecule has 0 aromatic heterocycles. The van der Waals surface area contributed by atoms with E-state index < -0.39 is 0 Å². The van der Waals surface area contributed by atoms with Gasteiger partial charge in [-0.3, -0.25) is 9.69 Å². The third-order valence-corrected chi connectivity index (χ3v) is 4.66. The number of nitrogens with zero attached hydrogens (tertiary/aromatic N) is 2. The van der Waals surface area contributed by atoms with E-state index in [1.165, 1.54) is 11.8 Å². The predicted molar refractivity (Wildman–Crippen MR) is 102 cm³/mol. The molecule has 3 nitrogen and oxygen atoms in total. The van der Waals surface area contributed by atoms with E-state index in [0.29, 0.717) is 27.5 Å². The molecule has 0 spiro atoms. The van der Waals surface area contributed by atoms with Gasteiger partial charge in [0.05, 0.1) is 6.54 Å². The van der Waals surface area contributed by atoms with Gasteiger partial charge >= 0.3 is 0 Å². The van der Waals surface area contributed by atoms with Crippen molar-refractivity contribution in [1.29, 1.82) is 0 Å². The Bertz CT molecular complexity index is 831. The van der Waals surface area contributed by atoms with E-state index in [-0.39, 0.29) is 5.91 Å². The van der Waals surface area contributed by atoms with Gasteiger partial charge in [0.25, 0.3) is 5.91 Å². The van der Waals surface area contributed by atoms with Gasteiger partial charge in [0.1, 0.15) is 5.70 Å². The zero-order valence-corrected chi connectivity index (χ0v) is 15.2. The molecule has 1 aliphatic heterocycles. The molecule has 3 rings (SSSR count). The Balaban J connectivity index is 1.86. The number of hydrogen-bond donors (Lipinski definition) is 0. The van der Waals surface area contributed by atoms with Crippen LogP contribution < -0.4 is 0 Å². The first-order valence-electron chi connectivity index (χ1n) is 7.23. The van der Waals surface area contributed by atoms with Crippen LogP contribution in [0, 0.1) is 0 Å². The summed E-state index contributed by atoms with van der Waals surface area (Å²) in [7, 11) is 0. The number of aliphatic imine (C=N–C) groups is 1. The van der Waals surface area contributed by atoms with Gasteiger partial charge in [0, 0.05) is 10.0 Å². The highest BCUT2D eigenvalue weighted by Crippen LogP contribution is 2.25. The van der Waals surface area contributed by atoms with Gasteiger partial charge in [0.2, 0.25) is 0 Å². The molecule has 0 saturated heterocycles. The van der Waals surface area contributed by atoms with E-state index in [4.69, 9.17) is 23.2 Å². The normalized spacial score (nSPS) is 16.0. The number of amidine groups is 1. The van der Waals surface area contributed by atoms with Crippen LogP contribution in [0.2, 0.25) is 10.0 Å². The summed E-state index contributed by atoms with van der Waals surface area (Å²) in [6.45, 7) is 0.461. The van der Waals surface area contributed by atoms with Crippen LogP contribution in [0.15, 0.2) is 59.2 Å². The Hall–Kier alpha value is -1.75. The lowest BCUT2D eigenvalue weighted by molar-refractivity contribution is -0.122. The van der Waals surface area contributed by atoms with E-state index in [0.717, 1.165) is 11.1 Å². The van der Waals surface area contributed by atoms with Crippen LogP contribution in [0.3, 0.4) is 0 Å².